The van der Waals surface area contributed by atoms with Gasteiger partial charge in [-0.25, -0.2) is 57.3 Å². The number of rotatable bonds is 26. The second-order valence-corrected chi connectivity index (χ2v) is 32.0. The summed E-state index contributed by atoms with van der Waals surface area (Å²) in [4.78, 5) is 58.5. The van der Waals surface area contributed by atoms with Gasteiger partial charge in [-0.1, -0.05) is 69.2 Å². The zero-order valence-corrected chi connectivity index (χ0v) is 66.4. The van der Waals surface area contributed by atoms with Crippen molar-refractivity contribution in [3.63, 3.8) is 0 Å². The molecule has 626 valence electrons. The van der Waals surface area contributed by atoms with Crippen LogP contribution in [-0.2, 0) is 58.3 Å². The average Bonchev–Trinajstić information content (AvgIpc) is 1.63. The lowest BCUT2D eigenvalue weighted by atomic mass is 9.77. The van der Waals surface area contributed by atoms with Crippen molar-refractivity contribution in [2.75, 3.05) is 59.5 Å². The summed E-state index contributed by atoms with van der Waals surface area (Å²) in [5, 5.41) is 98.7. The maximum absolute atomic E-state index is 14.5. The third-order valence-electron chi connectivity index (χ3n) is 22.4. The number of nitrogens with zero attached hydrogens (tertiary/aromatic N) is 19. The number of imidazole rings is 5. The molecule has 3 aliphatic carbocycles. The third kappa shape index (κ3) is 16.7. The van der Waals surface area contributed by atoms with Crippen LogP contribution >= 0.6 is 35.6 Å². The number of carbonyl (C=O) groups is 3. The Morgan fingerprint density at radius 1 is 0.533 bits per heavy atom. The number of aromatic carboxylic acids is 1. The monoisotopic (exact) mass is 1700 g/mol. The van der Waals surface area contributed by atoms with E-state index in [1.54, 1.807) is 16.8 Å². The van der Waals surface area contributed by atoms with Gasteiger partial charge < -0.3 is 87.7 Å². The van der Waals surface area contributed by atoms with E-state index in [-0.39, 0.29) is 111 Å². The van der Waals surface area contributed by atoms with E-state index in [4.69, 9.17) is 63.0 Å². The molecule has 14 aromatic rings. The first-order chi connectivity index (χ1) is 57.6. The molecule has 3 atom stereocenters. The summed E-state index contributed by atoms with van der Waals surface area (Å²) in [5.74, 6) is -1.85. The molecule has 20 rings (SSSR count). The number of halogens is 5. The Labute approximate surface area is 695 Å². The SMILES string of the molecule is Cl.NCc1ncn2ccc(Cl)c(F)c12.O=C(NCc1ncn2ccc(Cl)c(F)c12)c1cn(Cc2cn3cc(C4CC4)cc(C(O)C4(CO)COC4)c3n2)nn1.O=C(O)c1cn(Cc2cn3cc(C4CC4)cc(C(O)C4(CO)COC4)c3n2)nn1.O=C(OCc1ccccc1)c1cn(Cc2cn3cc(C4CC4)cc(C(O)C4(CO)COC4)c3n2)nn1. The molecule has 6 fully saturated rings. The molecule has 0 radical (unpaired) electrons. The van der Waals surface area contributed by atoms with Crippen LogP contribution in [0.2, 0.25) is 10.0 Å². The van der Waals surface area contributed by atoms with Crippen molar-refractivity contribution in [1.82, 2.24) is 97.2 Å². The summed E-state index contributed by atoms with van der Waals surface area (Å²) in [6.45, 7) is 2.37. The molecule has 40 heteroatoms. The minimum absolute atomic E-state index is 0. The van der Waals surface area contributed by atoms with E-state index < -0.39 is 64.0 Å². The number of benzene rings is 1. The number of aliphatic hydroxyl groups excluding tert-OH is 6. The van der Waals surface area contributed by atoms with Crippen LogP contribution in [0.5, 0.6) is 0 Å². The molecule has 13 aromatic heterocycles. The maximum atomic E-state index is 14.5. The van der Waals surface area contributed by atoms with E-state index in [1.165, 1.54) is 61.8 Å². The van der Waals surface area contributed by atoms with Crippen molar-refractivity contribution in [3.8, 4) is 0 Å². The molecule has 3 saturated carbocycles. The number of fused-ring (bicyclic) bond motifs is 5. The second kappa shape index (κ2) is 34.2. The molecular formula is C80H82Cl3F2N21O14. The Hall–Kier alpha value is -11.2. The van der Waals surface area contributed by atoms with E-state index in [0.29, 0.717) is 118 Å². The first kappa shape index (κ1) is 82.5. The number of carboxylic acid groups (broad SMARTS) is 1. The number of pyridine rings is 5. The predicted molar refractivity (Wildman–Crippen MR) is 424 cm³/mol. The molecule has 1 aromatic carbocycles. The van der Waals surface area contributed by atoms with Crippen molar-refractivity contribution in [2.45, 2.75) is 114 Å². The number of ether oxygens (including phenoxy) is 4. The van der Waals surface area contributed by atoms with Crippen molar-refractivity contribution in [1.29, 1.82) is 0 Å². The lowest BCUT2D eigenvalue weighted by Gasteiger charge is -2.43. The van der Waals surface area contributed by atoms with Gasteiger partial charge in [0.05, 0.1) is 190 Å². The molecule has 35 nitrogen and oxygen atoms in total. The molecule has 6 aliphatic rings. The number of esters is 1. The quantitative estimate of drug-likeness (QED) is 0.0244. The minimum atomic E-state index is -1.14. The minimum Gasteiger partial charge on any atom is -0.476 e. The van der Waals surface area contributed by atoms with E-state index in [1.807, 2.05) is 92.7 Å². The number of aliphatic hydroxyl groups is 6. The van der Waals surface area contributed by atoms with Gasteiger partial charge in [0, 0.05) is 72.8 Å². The zero-order chi connectivity index (χ0) is 82.6. The number of hydrogen-bond acceptors (Lipinski definition) is 25. The van der Waals surface area contributed by atoms with Crippen molar-refractivity contribution in [2.24, 2.45) is 22.0 Å². The van der Waals surface area contributed by atoms with E-state index in [2.05, 4.69) is 57.4 Å². The Morgan fingerprint density at radius 3 is 1.29 bits per heavy atom. The van der Waals surface area contributed by atoms with Gasteiger partial charge in [-0.2, -0.15) is 0 Å². The van der Waals surface area contributed by atoms with Gasteiger partial charge in [0.25, 0.3) is 5.91 Å². The second-order valence-electron chi connectivity index (χ2n) is 31.2. The summed E-state index contributed by atoms with van der Waals surface area (Å²) in [7, 11) is 0. The highest BCUT2D eigenvalue weighted by Gasteiger charge is 2.49. The largest absolute Gasteiger partial charge is 0.476 e. The van der Waals surface area contributed by atoms with Crippen LogP contribution in [0.3, 0.4) is 0 Å². The van der Waals surface area contributed by atoms with Crippen LogP contribution < -0.4 is 11.1 Å². The van der Waals surface area contributed by atoms with Gasteiger partial charge >= 0.3 is 11.9 Å². The van der Waals surface area contributed by atoms with Gasteiger partial charge in [0.15, 0.2) is 28.7 Å². The highest BCUT2D eigenvalue weighted by atomic mass is 35.5. The lowest BCUT2D eigenvalue weighted by Crippen LogP contribution is -2.50. The molecule has 0 bridgehead atoms. The summed E-state index contributed by atoms with van der Waals surface area (Å²) in [6, 6.07) is 18.3. The number of carboxylic acids is 1. The number of nitrogens with two attached hydrogens (primary N) is 1. The van der Waals surface area contributed by atoms with Gasteiger partial charge in [0.1, 0.15) is 34.6 Å². The lowest BCUT2D eigenvalue weighted by molar-refractivity contribution is -0.192. The van der Waals surface area contributed by atoms with Crippen LogP contribution in [0.4, 0.5) is 8.78 Å². The van der Waals surface area contributed by atoms with Gasteiger partial charge in [-0.15, -0.1) is 27.7 Å². The first-order valence-electron chi connectivity index (χ1n) is 38.5. The van der Waals surface area contributed by atoms with Crippen molar-refractivity contribution >= 4 is 81.4 Å². The van der Waals surface area contributed by atoms with Gasteiger partial charge in [0.2, 0.25) is 0 Å². The molecule has 120 heavy (non-hydrogen) atoms. The summed E-state index contributed by atoms with van der Waals surface area (Å²) < 4.78 is 62.4. The van der Waals surface area contributed by atoms with Crippen LogP contribution in [0.15, 0.2) is 141 Å². The van der Waals surface area contributed by atoms with Crippen LogP contribution in [0.1, 0.15) is 173 Å². The van der Waals surface area contributed by atoms with Gasteiger partial charge in [-0.05, 0) is 109 Å². The fraction of sp³-hybridized carbons (Fsp3) is 0.375. The van der Waals surface area contributed by atoms with E-state index in [0.717, 1.165) is 60.8 Å². The molecule has 10 N–H and O–H groups in total. The number of aromatic nitrogens is 19. The summed E-state index contributed by atoms with van der Waals surface area (Å²) in [5.41, 5.74) is 14.8. The molecule has 3 unspecified atom stereocenters. The Bertz CT molecular complexity index is 6110. The number of hydrogen-bond donors (Lipinski definition) is 9. The molecule has 3 saturated heterocycles. The summed E-state index contributed by atoms with van der Waals surface area (Å²) >= 11 is 11.5. The fourth-order valence-corrected chi connectivity index (χ4v) is 15.1. The molecule has 0 spiro atoms. The summed E-state index contributed by atoms with van der Waals surface area (Å²) in [6.07, 6.45) is 26.2. The maximum Gasteiger partial charge on any atom is 0.360 e. The third-order valence-corrected chi connectivity index (χ3v) is 23.0. The van der Waals surface area contributed by atoms with Crippen molar-refractivity contribution in [3.05, 3.63) is 248 Å². The Kier molecular flexibility index (Phi) is 23.5. The van der Waals surface area contributed by atoms with Gasteiger partial charge in [-0.3, -0.25) is 4.79 Å². The van der Waals surface area contributed by atoms with Crippen LogP contribution in [0.25, 0.3) is 28.0 Å². The molecular weight excluding hydrogens is 1620 g/mol. The number of nitrogens with one attached hydrogen (secondary N) is 1. The smallest absolute Gasteiger partial charge is 0.360 e. The standard InChI is InChI=1S/C27H26ClFN8O4.C26H27N5O5.C19H21N5O5.C8H7ClFN3.ClH/c28-19-3-4-35-14-31-20(23(35)22(19)29)6-30-26(40)21-10-37(34-33-21)9-17-8-36-7-16(15-1-2-15)5-18(25(36)32-17)24(39)27(11-38)12-41-13-27;32-14-26(15-35-16-26)23(33)21-8-19(18-6-7-18)9-30-10-20(27-24(21)30)11-31-12-22(28-29-31)25(34)36-13-17-4-2-1-3-5-17;25-8-19(9-29-10-19)16(26)14-3-12(11-1-2-11)4-23-5-13(20-17(14)23)6-24-7-15(18(27)28)21-22-24;9-5-1-2-13-4-12-6(3-11)8(13)7(5)10;/h3-5,7-8,10,14-15,24,38-39H,1-2,6,9,11-13H2,(H,30,40);1-5,8-10,12,18,23,32-33H,6-7,11,13-16H2;3-5,7,11,16,25-26H,1-2,6,8-10H2,(H,27,28);1-2,4H,3,11H2;1H. The molecule has 3 aliphatic heterocycles. The fourth-order valence-electron chi connectivity index (χ4n) is 14.9. The van der Waals surface area contributed by atoms with E-state index >= 15 is 0 Å². The number of amides is 1. The number of carbonyl (C=O) groups excluding carboxylic acids is 2. The molecule has 16 heterocycles. The van der Waals surface area contributed by atoms with E-state index in [9.17, 15) is 53.8 Å². The molecule has 1 amide bonds. The topological polar surface area (TPSA) is 446 Å². The normalized spacial score (nSPS) is 17.0. The predicted octanol–water partition coefficient (Wildman–Crippen LogP) is 7.11. The van der Waals surface area contributed by atoms with Crippen molar-refractivity contribution < 1.29 is 77.9 Å². The Balaban J connectivity index is 0.000000125. The highest BCUT2D eigenvalue weighted by molar-refractivity contribution is 6.31. The zero-order valence-electron chi connectivity index (χ0n) is 64.1. The van der Waals surface area contributed by atoms with Crippen LogP contribution in [0, 0.1) is 27.9 Å². The average molecular weight is 1710 g/mol. The highest BCUT2D eigenvalue weighted by Crippen LogP contribution is 2.49. The Morgan fingerprint density at radius 2 is 0.917 bits per heavy atom. The first-order valence-corrected chi connectivity index (χ1v) is 39.2. The van der Waals surface area contributed by atoms with Crippen LogP contribution in [-0.4, -0.2) is 205 Å².